The third kappa shape index (κ3) is 5.01. The van der Waals surface area contributed by atoms with Crippen molar-refractivity contribution >= 4 is 17.5 Å². The number of aliphatic hydroxyl groups excluding tert-OH is 1. The SMILES string of the molecule is Cc1ccccc1NC(=O)C(=O)NCCC(O)C(C)C. The molecule has 5 nitrogen and oxygen atoms in total. The number of aliphatic hydroxyl groups is 1. The van der Waals surface area contributed by atoms with Gasteiger partial charge in [0.25, 0.3) is 0 Å². The van der Waals surface area contributed by atoms with E-state index in [-0.39, 0.29) is 12.5 Å². The standard InChI is InChI=1S/C15H22N2O3/c1-10(2)13(18)8-9-16-14(19)15(20)17-12-7-5-4-6-11(12)3/h4-7,10,13,18H,8-9H2,1-3H3,(H,16,19)(H,17,20). The lowest BCUT2D eigenvalue weighted by Crippen LogP contribution is -2.37. The van der Waals surface area contributed by atoms with Gasteiger partial charge in [0.2, 0.25) is 0 Å². The Kier molecular flexibility index (Phi) is 6.18. The molecule has 0 radical (unpaired) electrons. The number of carbonyl (C=O) groups excluding carboxylic acids is 2. The van der Waals surface area contributed by atoms with Crippen molar-refractivity contribution in [1.82, 2.24) is 5.32 Å². The van der Waals surface area contributed by atoms with Gasteiger partial charge in [-0.05, 0) is 30.9 Å². The molecule has 0 aliphatic rings. The highest BCUT2D eigenvalue weighted by molar-refractivity contribution is 6.39. The van der Waals surface area contributed by atoms with Gasteiger partial charge in [-0.15, -0.1) is 0 Å². The summed E-state index contributed by atoms with van der Waals surface area (Å²) >= 11 is 0. The monoisotopic (exact) mass is 278 g/mol. The number of hydrogen-bond donors (Lipinski definition) is 3. The second kappa shape index (κ2) is 7.65. The largest absolute Gasteiger partial charge is 0.393 e. The van der Waals surface area contributed by atoms with Crippen LogP contribution in [-0.4, -0.2) is 29.6 Å². The van der Waals surface area contributed by atoms with Crippen LogP contribution in [0.15, 0.2) is 24.3 Å². The minimum Gasteiger partial charge on any atom is -0.393 e. The quantitative estimate of drug-likeness (QED) is 0.713. The van der Waals surface area contributed by atoms with Crippen LogP contribution in [0.5, 0.6) is 0 Å². The lowest BCUT2D eigenvalue weighted by Gasteiger charge is -2.14. The van der Waals surface area contributed by atoms with Gasteiger partial charge in [0.05, 0.1) is 6.10 Å². The van der Waals surface area contributed by atoms with E-state index in [1.165, 1.54) is 0 Å². The van der Waals surface area contributed by atoms with Crippen LogP contribution in [0.4, 0.5) is 5.69 Å². The fraction of sp³-hybridized carbons (Fsp3) is 0.467. The van der Waals surface area contributed by atoms with Gasteiger partial charge in [-0.25, -0.2) is 0 Å². The summed E-state index contributed by atoms with van der Waals surface area (Å²) in [6, 6.07) is 7.24. The summed E-state index contributed by atoms with van der Waals surface area (Å²) in [5, 5.41) is 14.7. The molecule has 2 amide bonds. The maximum atomic E-state index is 11.7. The van der Waals surface area contributed by atoms with Crippen molar-refractivity contribution in [3.05, 3.63) is 29.8 Å². The Hall–Kier alpha value is -1.88. The highest BCUT2D eigenvalue weighted by atomic mass is 16.3. The number of aryl methyl sites for hydroxylation is 1. The van der Waals surface area contributed by atoms with Gasteiger partial charge in [0.15, 0.2) is 0 Å². The molecule has 1 rings (SSSR count). The van der Waals surface area contributed by atoms with Crippen molar-refractivity contribution in [2.75, 3.05) is 11.9 Å². The van der Waals surface area contributed by atoms with Gasteiger partial charge in [-0.3, -0.25) is 9.59 Å². The van der Waals surface area contributed by atoms with Crippen LogP contribution in [0.3, 0.4) is 0 Å². The fourth-order valence-corrected chi connectivity index (χ4v) is 1.64. The van der Waals surface area contributed by atoms with E-state index in [1.54, 1.807) is 12.1 Å². The molecule has 0 saturated heterocycles. The summed E-state index contributed by atoms with van der Waals surface area (Å²) in [6.45, 7) is 5.93. The molecule has 0 aromatic heterocycles. The average Bonchev–Trinajstić information content (AvgIpc) is 2.40. The van der Waals surface area contributed by atoms with Gasteiger partial charge >= 0.3 is 11.8 Å². The second-order valence-electron chi connectivity index (χ2n) is 5.12. The Balaban J connectivity index is 2.41. The molecule has 0 fully saturated rings. The zero-order valence-corrected chi connectivity index (χ0v) is 12.1. The number of benzene rings is 1. The van der Waals surface area contributed by atoms with Gasteiger partial charge in [0, 0.05) is 12.2 Å². The number of carbonyl (C=O) groups is 2. The molecule has 0 aliphatic heterocycles. The van der Waals surface area contributed by atoms with Crippen molar-refractivity contribution in [1.29, 1.82) is 0 Å². The molecule has 0 heterocycles. The Bertz CT molecular complexity index is 472. The summed E-state index contributed by atoms with van der Waals surface area (Å²) in [5.41, 5.74) is 1.51. The summed E-state index contributed by atoms with van der Waals surface area (Å²) in [5.74, 6) is -1.25. The predicted octanol–water partition coefficient (Wildman–Crippen LogP) is 1.46. The molecule has 1 aromatic rings. The van der Waals surface area contributed by atoms with Crippen LogP contribution in [0.25, 0.3) is 0 Å². The topological polar surface area (TPSA) is 78.4 Å². The first-order valence-electron chi connectivity index (χ1n) is 6.74. The molecule has 110 valence electrons. The van der Waals surface area contributed by atoms with Crippen LogP contribution in [0.2, 0.25) is 0 Å². The first-order chi connectivity index (χ1) is 9.41. The Morgan fingerprint density at radius 1 is 1.20 bits per heavy atom. The van der Waals surface area contributed by atoms with Gasteiger partial charge in [0.1, 0.15) is 0 Å². The van der Waals surface area contributed by atoms with Crippen molar-refractivity contribution in [2.45, 2.75) is 33.3 Å². The molecule has 1 unspecified atom stereocenters. The van der Waals surface area contributed by atoms with Crippen molar-refractivity contribution in [3.8, 4) is 0 Å². The first-order valence-corrected chi connectivity index (χ1v) is 6.74. The fourth-order valence-electron chi connectivity index (χ4n) is 1.64. The van der Waals surface area contributed by atoms with Gasteiger partial charge in [-0.1, -0.05) is 32.0 Å². The molecule has 0 aliphatic carbocycles. The number of rotatable bonds is 5. The molecule has 3 N–H and O–H groups in total. The summed E-state index contributed by atoms with van der Waals surface area (Å²) in [4.78, 5) is 23.3. The van der Waals surface area contributed by atoms with E-state index in [9.17, 15) is 14.7 Å². The molecule has 1 aromatic carbocycles. The molecular weight excluding hydrogens is 256 g/mol. The van der Waals surface area contributed by atoms with Gasteiger partial charge < -0.3 is 15.7 Å². The number of nitrogens with one attached hydrogen (secondary N) is 2. The molecule has 0 bridgehead atoms. The van der Waals surface area contributed by atoms with Crippen LogP contribution < -0.4 is 10.6 Å². The molecule has 5 heteroatoms. The lowest BCUT2D eigenvalue weighted by atomic mass is 10.0. The lowest BCUT2D eigenvalue weighted by molar-refractivity contribution is -0.136. The van der Waals surface area contributed by atoms with Crippen LogP contribution in [-0.2, 0) is 9.59 Å². The maximum Gasteiger partial charge on any atom is 0.313 e. The van der Waals surface area contributed by atoms with Crippen LogP contribution in [0.1, 0.15) is 25.8 Å². The van der Waals surface area contributed by atoms with E-state index in [2.05, 4.69) is 10.6 Å². The number of amides is 2. The minimum absolute atomic E-state index is 0.132. The van der Waals surface area contributed by atoms with E-state index in [0.29, 0.717) is 12.1 Å². The normalized spacial score (nSPS) is 12.1. The highest BCUT2D eigenvalue weighted by Crippen LogP contribution is 2.12. The summed E-state index contributed by atoms with van der Waals surface area (Å²) < 4.78 is 0. The Morgan fingerprint density at radius 3 is 2.45 bits per heavy atom. The van der Waals surface area contributed by atoms with E-state index in [1.807, 2.05) is 32.9 Å². The van der Waals surface area contributed by atoms with Crippen LogP contribution in [0, 0.1) is 12.8 Å². The Labute approximate surface area is 119 Å². The van der Waals surface area contributed by atoms with E-state index >= 15 is 0 Å². The van der Waals surface area contributed by atoms with E-state index < -0.39 is 17.9 Å². The highest BCUT2D eigenvalue weighted by Gasteiger charge is 2.15. The van der Waals surface area contributed by atoms with E-state index in [4.69, 9.17) is 0 Å². The number of anilines is 1. The predicted molar refractivity (Wildman–Crippen MR) is 78.3 cm³/mol. The third-order valence-corrected chi connectivity index (χ3v) is 3.09. The third-order valence-electron chi connectivity index (χ3n) is 3.09. The number of para-hydroxylation sites is 1. The van der Waals surface area contributed by atoms with Crippen LogP contribution >= 0.6 is 0 Å². The van der Waals surface area contributed by atoms with E-state index in [0.717, 1.165) is 5.56 Å². The minimum atomic E-state index is -0.696. The van der Waals surface area contributed by atoms with Crippen molar-refractivity contribution in [2.24, 2.45) is 5.92 Å². The van der Waals surface area contributed by atoms with Crippen molar-refractivity contribution < 1.29 is 14.7 Å². The average molecular weight is 278 g/mol. The Morgan fingerprint density at radius 2 is 1.85 bits per heavy atom. The number of hydrogen-bond acceptors (Lipinski definition) is 3. The molecule has 1 atom stereocenters. The molecule has 0 spiro atoms. The second-order valence-corrected chi connectivity index (χ2v) is 5.12. The van der Waals surface area contributed by atoms with Gasteiger partial charge in [-0.2, -0.15) is 0 Å². The maximum absolute atomic E-state index is 11.7. The van der Waals surface area contributed by atoms with Crippen molar-refractivity contribution in [3.63, 3.8) is 0 Å². The molecule has 0 saturated carbocycles. The first kappa shape index (κ1) is 16.2. The summed E-state index contributed by atoms with van der Waals surface area (Å²) in [6.07, 6.45) is -0.0455. The summed E-state index contributed by atoms with van der Waals surface area (Å²) in [7, 11) is 0. The molecule has 20 heavy (non-hydrogen) atoms. The zero-order valence-electron chi connectivity index (χ0n) is 12.1. The zero-order chi connectivity index (χ0) is 15.1. The molecular formula is C15H22N2O3. The smallest absolute Gasteiger partial charge is 0.313 e.